The minimum atomic E-state index is -0.482. The first kappa shape index (κ1) is 15.0. The molecule has 2 aromatic carbocycles. The Labute approximate surface area is 154 Å². The van der Waals surface area contributed by atoms with Crippen molar-refractivity contribution in [2.24, 2.45) is 5.16 Å². The molecule has 1 atom stereocenters. The molecule has 0 amide bonds. The summed E-state index contributed by atoms with van der Waals surface area (Å²) in [6.07, 6.45) is 5.18. The molecule has 26 heavy (non-hydrogen) atoms. The number of hydrogen-bond acceptors (Lipinski definition) is 3. The maximum atomic E-state index is 5.80. The van der Waals surface area contributed by atoms with E-state index in [1.54, 1.807) is 11.3 Å². The van der Waals surface area contributed by atoms with Crippen LogP contribution in [-0.2, 0) is 4.84 Å². The number of benzene rings is 2. The molecule has 0 saturated carbocycles. The van der Waals surface area contributed by atoms with Crippen molar-refractivity contribution in [3.05, 3.63) is 82.0 Å². The minimum absolute atomic E-state index is 0.482. The third-order valence-corrected chi connectivity index (χ3v) is 5.51. The summed E-state index contributed by atoms with van der Waals surface area (Å²) in [6.45, 7) is 0. The van der Waals surface area contributed by atoms with E-state index >= 15 is 0 Å². The first-order chi connectivity index (χ1) is 12.9. The van der Waals surface area contributed by atoms with Gasteiger partial charge >= 0.3 is 0 Å². The molecule has 3 nitrogen and oxygen atoms in total. The van der Waals surface area contributed by atoms with Crippen molar-refractivity contribution in [3.63, 3.8) is 0 Å². The lowest BCUT2D eigenvalue weighted by atomic mass is 10.1. The summed E-state index contributed by atoms with van der Waals surface area (Å²) in [5.41, 5.74) is 6.26. The van der Waals surface area contributed by atoms with Crippen LogP contribution in [0.2, 0.25) is 0 Å². The number of terminal acetylenes is 1. The van der Waals surface area contributed by atoms with E-state index in [-0.39, 0.29) is 0 Å². The summed E-state index contributed by atoms with van der Waals surface area (Å²) in [7, 11) is 0. The molecule has 4 heteroatoms. The summed E-state index contributed by atoms with van der Waals surface area (Å²) in [5.74, 6) is 2.68. The molecule has 2 aromatic heterocycles. The monoisotopic (exact) mass is 354 g/mol. The number of H-pyrrole nitrogens is 1. The number of thiophene rings is 1. The maximum Gasteiger partial charge on any atom is 0.221 e. The fourth-order valence-corrected chi connectivity index (χ4v) is 4.14. The van der Waals surface area contributed by atoms with E-state index in [0.29, 0.717) is 0 Å². The first-order valence-electron chi connectivity index (χ1n) is 8.31. The number of para-hydroxylation sites is 1. The van der Waals surface area contributed by atoms with Crippen LogP contribution in [0.3, 0.4) is 0 Å². The fraction of sp³-hybridized carbons (Fsp3) is 0.0455. The molecule has 1 aliphatic carbocycles. The Morgan fingerprint density at radius 1 is 1.00 bits per heavy atom. The first-order valence-corrected chi connectivity index (χ1v) is 9.19. The van der Waals surface area contributed by atoms with Gasteiger partial charge in [-0.2, -0.15) is 0 Å². The molecule has 0 aliphatic heterocycles. The number of nitrogens with one attached hydrogen (secondary N) is 1. The molecule has 4 aromatic rings. The third-order valence-electron chi connectivity index (χ3n) is 4.60. The van der Waals surface area contributed by atoms with Crippen molar-refractivity contribution in [2.75, 3.05) is 0 Å². The highest BCUT2D eigenvalue weighted by Gasteiger charge is 2.29. The zero-order valence-corrected chi connectivity index (χ0v) is 14.6. The van der Waals surface area contributed by atoms with E-state index in [2.05, 4.69) is 40.3 Å². The molecule has 0 fully saturated rings. The Kier molecular flexibility index (Phi) is 3.41. The van der Waals surface area contributed by atoms with Crippen LogP contribution in [0.1, 0.15) is 22.1 Å². The van der Waals surface area contributed by atoms with Gasteiger partial charge in [-0.1, -0.05) is 59.6 Å². The van der Waals surface area contributed by atoms with Crippen molar-refractivity contribution < 1.29 is 4.84 Å². The van der Waals surface area contributed by atoms with Gasteiger partial charge in [-0.25, -0.2) is 0 Å². The van der Waals surface area contributed by atoms with E-state index in [9.17, 15) is 0 Å². The lowest BCUT2D eigenvalue weighted by molar-refractivity contribution is 0.103. The lowest BCUT2D eigenvalue weighted by Crippen LogP contribution is -2.02. The van der Waals surface area contributed by atoms with E-state index < -0.39 is 6.10 Å². The zero-order valence-electron chi connectivity index (χ0n) is 13.8. The van der Waals surface area contributed by atoms with Gasteiger partial charge in [0.05, 0.1) is 10.6 Å². The number of oxime groups is 1. The normalized spacial score (nSPS) is 14.8. The molecule has 5 rings (SSSR count). The van der Waals surface area contributed by atoms with E-state index in [4.69, 9.17) is 11.3 Å². The molecule has 1 aliphatic rings. The SMILES string of the molecule is C#CC(ON=C1c2ccccc2-c2[nH]c3ccccc3c21)c1cccs1. The second-order valence-corrected chi connectivity index (χ2v) is 7.05. The van der Waals surface area contributed by atoms with Crippen LogP contribution < -0.4 is 0 Å². The molecular formula is C22H14N2OS. The summed E-state index contributed by atoms with van der Waals surface area (Å²) in [5, 5.41) is 7.63. The number of aromatic nitrogens is 1. The van der Waals surface area contributed by atoms with Gasteiger partial charge in [0.2, 0.25) is 6.10 Å². The van der Waals surface area contributed by atoms with Crippen LogP contribution in [-0.4, -0.2) is 10.7 Å². The van der Waals surface area contributed by atoms with Gasteiger partial charge in [0.25, 0.3) is 0 Å². The van der Waals surface area contributed by atoms with Crippen LogP contribution in [0.4, 0.5) is 0 Å². The van der Waals surface area contributed by atoms with Crippen molar-refractivity contribution in [3.8, 4) is 23.6 Å². The van der Waals surface area contributed by atoms with Gasteiger partial charge in [-0.15, -0.1) is 17.8 Å². The fourth-order valence-electron chi connectivity index (χ4n) is 3.44. The smallest absolute Gasteiger partial charge is 0.221 e. The largest absolute Gasteiger partial charge is 0.373 e. The van der Waals surface area contributed by atoms with Crippen molar-refractivity contribution >= 4 is 28.0 Å². The van der Waals surface area contributed by atoms with Gasteiger partial charge in [0.15, 0.2) is 0 Å². The number of rotatable bonds is 3. The molecular weight excluding hydrogens is 340 g/mol. The van der Waals surface area contributed by atoms with Gasteiger partial charge in [0.1, 0.15) is 5.71 Å². The molecule has 1 N–H and O–H groups in total. The summed E-state index contributed by atoms with van der Waals surface area (Å²) >= 11 is 1.57. The van der Waals surface area contributed by atoms with Crippen LogP contribution in [0.5, 0.6) is 0 Å². The number of fused-ring (bicyclic) bond motifs is 5. The van der Waals surface area contributed by atoms with E-state index in [1.165, 1.54) is 0 Å². The highest BCUT2D eigenvalue weighted by molar-refractivity contribution is 7.10. The predicted octanol–water partition coefficient (Wildman–Crippen LogP) is 5.35. The molecule has 124 valence electrons. The van der Waals surface area contributed by atoms with Crippen molar-refractivity contribution in [1.29, 1.82) is 0 Å². The second-order valence-electron chi connectivity index (χ2n) is 6.07. The van der Waals surface area contributed by atoms with Crippen LogP contribution in [0.25, 0.3) is 22.2 Å². The molecule has 0 saturated heterocycles. The molecule has 0 bridgehead atoms. The Morgan fingerprint density at radius 3 is 2.62 bits per heavy atom. The topological polar surface area (TPSA) is 37.4 Å². The van der Waals surface area contributed by atoms with Gasteiger partial charge in [-0.3, -0.25) is 0 Å². The van der Waals surface area contributed by atoms with E-state index in [1.807, 2.05) is 41.8 Å². The van der Waals surface area contributed by atoms with Crippen molar-refractivity contribution in [1.82, 2.24) is 4.98 Å². The van der Waals surface area contributed by atoms with Crippen LogP contribution in [0, 0.1) is 12.3 Å². The summed E-state index contributed by atoms with van der Waals surface area (Å²) in [4.78, 5) is 10.3. The van der Waals surface area contributed by atoms with Gasteiger partial charge in [-0.05, 0) is 17.5 Å². The molecule has 0 spiro atoms. The van der Waals surface area contributed by atoms with Gasteiger partial charge in [0, 0.05) is 27.6 Å². The quantitative estimate of drug-likeness (QED) is 0.344. The predicted molar refractivity (Wildman–Crippen MR) is 106 cm³/mol. The number of aromatic amines is 1. The van der Waals surface area contributed by atoms with Crippen LogP contribution in [0.15, 0.2) is 71.2 Å². The Balaban J connectivity index is 1.66. The van der Waals surface area contributed by atoms with E-state index in [0.717, 1.165) is 43.9 Å². The average molecular weight is 354 g/mol. The van der Waals surface area contributed by atoms with Crippen molar-refractivity contribution in [2.45, 2.75) is 6.10 Å². The van der Waals surface area contributed by atoms with Crippen LogP contribution >= 0.6 is 11.3 Å². The standard InChI is InChI=1S/C22H14N2OS/c1-2-18(19-12-7-13-26-19)25-24-22-15-9-4-3-8-14(15)21-20(22)16-10-5-6-11-17(16)23-21/h1,3-13,18,23H. The molecule has 1 unspecified atom stereocenters. The zero-order chi connectivity index (χ0) is 17.5. The average Bonchev–Trinajstić information content (AvgIpc) is 3.39. The number of hydrogen-bond donors (Lipinski definition) is 1. The molecule has 2 heterocycles. The Bertz CT molecular complexity index is 1180. The number of nitrogens with zero attached hydrogens (tertiary/aromatic N) is 1. The Hall–Kier alpha value is -3.29. The highest BCUT2D eigenvalue weighted by Crippen LogP contribution is 2.41. The van der Waals surface area contributed by atoms with Gasteiger partial charge < -0.3 is 9.82 Å². The minimum Gasteiger partial charge on any atom is -0.373 e. The lowest BCUT2D eigenvalue weighted by Gasteiger charge is -2.08. The molecule has 0 radical (unpaired) electrons. The summed E-state index contributed by atoms with van der Waals surface area (Å²) < 4.78 is 0. The maximum absolute atomic E-state index is 5.80. The Morgan fingerprint density at radius 2 is 1.81 bits per heavy atom. The second kappa shape index (κ2) is 5.91. The third kappa shape index (κ3) is 2.18. The highest BCUT2D eigenvalue weighted by atomic mass is 32.1. The summed E-state index contributed by atoms with van der Waals surface area (Å²) in [6, 6.07) is 20.4.